The van der Waals surface area contributed by atoms with Crippen LogP contribution in [-0.4, -0.2) is 55.2 Å². The summed E-state index contributed by atoms with van der Waals surface area (Å²) in [6.07, 6.45) is 2.92. The van der Waals surface area contributed by atoms with Gasteiger partial charge < -0.3 is 21.5 Å². The third kappa shape index (κ3) is 3.30. The minimum absolute atomic E-state index is 0. The van der Waals surface area contributed by atoms with Gasteiger partial charge in [-0.25, -0.2) is 0 Å². The van der Waals surface area contributed by atoms with E-state index < -0.39 is 0 Å². The van der Waals surface area contributed by atoms with Crippen molar-refractivity contribution in [1.29, 1.82) is 0 Å². The molecule has 0 saturated carbocycles. The minimum Gasteiger partial charge on any atom is -1.00 e. The summed E-state index contributed by atoms with van der Waals surface area (Å²) in [6.45, 7) is 15.5. The minimum atomic E-state index is 0. The van der Waals surface area contributed by atoms with Gasteiger partial charge in [-0.3, -0.25) is 4.90 Å². The van der Waals surface area contributed by atoms with Gasteiger partial charge in [0.2, 0.25) is 0 Å². The van der Waals surface area contributed by atoms with Gasteiger partial charge in [0.15, 0.2) is 0 Å². The summed E-state index contributed by atoms with van der Waals surface area (Å²) in [5.41, 5.74) is 1.31. The maximum absolute atomic E-state index is 3.99. The molecular weight excluding hydrogens is 252 g/mol. The summed E-state index contributed by atoms with van der Waals surface area (Å²) in [5.74, 6) is 0. The highest BCUT2D eigenvalue weighted by Gasteiger charge is 2.35. The lowest BCUT2D eigenvalue weighted by Gasteiger charge is -2.42. The molecule has 2 fully saturated rings. The lowest BCUT2D eigenvalue weighted by molar-refractivity contribution is -0.920. The molecule has 0 amide bonds. The second-order valence-electron chi connectivity index (χ2n) is 5.18. The molecular formula is C12H23BrN2. The Morgan fingerprint density at radius 2 is 1.67 bits per heavy atom. The van der Waals surface area contributed by atoms with Gasteiger partial charge in [0, 0.05) is 32.5 Å². The standard InChI is InChI=1S/C12H23N2.BrH/c1-12(2)11-13-5-9-14(10-6-13)7-3-4-8-14;/h1,3-11H2,2H3;1H/q+1;/p-1. The van der Waals surface area contributed by atoms with Crippen molar-refractivity contribution >= 4 is 0 Å². The van der Waals surface area contributed by atoms with Crippen LogP contribution in [0.2, 0.25) is 0 Å². The van der Waals surface area contributed by atoms with E-state index in [1.165, 1.54) is 62.2 Å². The fourth-order valence-corrected chi connectivity index (χ4v) is 2.92. The summed E-state index contributed by atoms with van der Waals surface area (Å²) in [6, 6.07) is 0. The zero-order valence-corrected chi connectivity index (χ0v) is 11.4. The average Bonchev–Trinajstić information content (AvgIpc) is 2.58. The third-order valence-corrected chi connectivity index (χ3v) is 3.79. The number of hydrogen-bond acceptors (Lipinski definition) is 1. The van der Waals surface area contributed by atoms with Crippen molar-refractivity contribution in [3.8, 4) is 0 Å². The first-order chi connectivity index (χ1) is 6.70. The van der Waals surface area contributed by atoms with Crippen molar-refractivity contribution in [3.05, 3.63) is 12.2 Å². The van der Waals surface area contributed by atoms with Gasteiger partial charge in [-0.1, -0.05) is 12.2 Å². The second-order valence-corrected chi connectivity index (χ2v) is 5.18. The second kappa shape index (κ2) is 5.46. The molecule has 0 aromatic rings. The summed E-state index contributed by atoms with van der Waals surface area (Å²) in [4.78, 5) is 2.56. The Bertz CT molecular complexity index is 212. The van der Waals surface area contributed by atoms with E-state index in [1.54, 1.807) is 0 Å². The monoisotopic (exact) mass is 274 g/mol. The van der Waals surface area contributed by atoms with Crippen LogP contribution in [-0.2, 0) is 0 Å². The largest absolute Gasteiger partial charge is 1.00 e. The van der Waals surface area contributed by atoms with Gasteiger partial charge in [0.05, 0.1) is 26.2 Å². The third-order valence-electron chi connectivity index (χ3n) is 3.79. The van der Waals surface area contributed by atoms with Crippen LogP contribution in [0.5, 0.6) is 0 Å². The molecule has 0 aromatic carbocycles. The molecule has 0 unspecified atom stereocenters. The molecule has 0 radical (unpaired) electrons. The Balaban J connectivity index is 0.00000112. The summed E-state index contributed by atoms with van der Waals surface area (Å²) < 4.78 is 1.42. The SMILES string of the molecule is C=C(C)CN1CC[N+]2(CCCC2)CC1.[Br-]. The molecule has 0 bridgehead atoms. The molecule has 2 rings (SSSR count). The Kier molecular flexibility index (Phi) is 4.81. The zero-order valence-electron chi connectivity index (χ0n) is 9.84. The van der Waals surface area contributed by atoms with Crippen molar-refractivity contribution in [2.24, 2.45) is 0 Å². The van der Waals surface area contributed by atoms with Crippen LogP contribution in [0.3, 0.4) is 0 Å². The first kappa shape index (κ1) is 13.2. The predicted molar refractivity (Wildman–Crippen MR) is 60.2 cm³/mol. The number of halogens is 1. The molecule has 0 atom stereocenters. The van der Waals surface area contributed by atoms with Gasteiger partial charge in [0.25, 0.3) is 0 Å². The van der Waals surface area contributed by atoms with Crippen molar-refractivity contribution in [3.63, 3.8) is 0 Å². The van der Waals surface area contributed by atoms with Crippen LogP contribution in [0.15, 0.2) is 12.2 Å². The summed E-state index contributed by atoms with van der Waals surface area (Å²) in [7, 11) is 0. The molecule has 2 heterocycles. The van der Waals surface area contributed by atoms with E-state index in [0.29, 0.717) is 0 Å². The molecule has 1 spiro atoms. The number of quaternary nitrogens is 1. The lowest BCUT2D eigenvalue weighted by atomic mass is 10.2. The maximum Gasteiger partial charge on any atom is 0.0916 e. The summed E-state index contributed by atoms with van der Waals surface area (Å²) >= 11 is 0. The van der Waals surface area contributed by atoms with E-state index in [0.717, 1.165) is 6.54 Å². The van der Waals surface area contributed by atoms with Crippen molar-refractivity contribution in [2.75, 3.05) is 45.8 Å². The topological polar surface area (TPSA) is 3.24 Å². The van der Waals surface area contributed by atoms with E-state index in [-0.39, 0.29) is 17.0 Å². The lowest BCUT2D eigenvalue weighted by Crippen LogP contribution is -3.00. The van der Waals surface area contributed by atoms with Gasteiger partial charge in [-0.05, 0) is 6.92 Å². The van der Waals surface area contributed by atoms with Gasteiger partial charge in [0.1, 0.15) is 0 Å². The highest BCUT2D eigenvalue weighted by Crippen LogP contribution is 2.22. The molecule has 3 heteroatoms. The van der Waals surface area contributed by atoms with Crippen LogP contribution in [0.4, 0.5) is 0 Å². The molecule has 2 saturated heterocycles. The van der Waals surface area contributed by atoms with Gasteiger partial charge >= 0.3 is 0 Å². The number of hydrogen-bond donors (Lipinski definition) is 0. The molecule has 2 aliphatic rings. The maximum atomic E-state index is 3.99. The van der Waals surface area contributed by atoms with E-state index in [4.69, 9.17) is 0 Å². The smallest absolute Gasteiger partial charge is 0.0916 e. The van der Waals surface area contributed by atoms with Crippen LogP contribution in [0.1, 0.15) is 19.8 Å². The van der Waals surface area contributed by atoms with Crippen molar-refractivity contribution in [2.45, 2.75) is 19.8 Å². The van der Waals surface area contributed by atoms with Crippen LogP contribution < -0.4 is 17.0 Å². The van der Waals surface area contributed by atoms with E-state index in [1.807, 2.05) is 0 Å². The van der Waals surface area contributed by atoms with Crippen molar-refractivity contribution in [1.82, 2.24) is 4.90 Å². The van der Waals surface area contributed by atoms with Crippen LogP contribution in [0, 0.1) is 0 Å². The summed E-state index contributed by atoms with van der Waals surface area (Å²) in [5, 5.41) is 0. The highest BCUT2D eigenvalue weighted by molar-refractivity contribution is 4.92. The average molecular weight is 275 g/mol. The van der Waals surface area contributed by atoms with Crippen LogP contribution >= 0.6 is 0 Å². The normalized spacial score (nSPS) is 25.1. The molecule has 15 heavy (non-hydrogen) atoms. The van der Waals surface area contributed by atoms with Crippen molar-refractivity contribution < 1.29 is 21.5 Å². The quantitative estimate of drug-likeness (QED) is 0.438. The molecule has 0 aliphatic carbocycles. The van der Waals surface area contributed by atoms with Gasteiger partial charge in [-0.15, -0.1) is 0 Å². The first-order valence-electron chi connectivity index (χ1n) is 5.92. The number of rotatable bonds is 2. The Morgan fingerprint density at radius 3 is 2.13 bits per heavy atom. The molecule has 88 valence electrons. The van der Waals surface area contributed by atoms with E-state index in [2.05, 4.69) is 18.4 Å². The molecule has 0 aromatic heterocycles. The fourth-order valence-electron chi connectivity index (χ4n) is 2.92. The molecule has 2 aliphatic heterocycles. The Hall–Kier alpha value is 0.140. The van der Waals surface area contributed by atoms with Gasteiger partial charge in [-0.2, -0.15) is 0 Å². The van der Waals surface area contributed by atoms with E-state index >= 15 is 0 Å². The Labute approximate surface area is 104 Å². The molecule has 0 N–H and O–H groups in total. The zero-order chi connectivity index (χ0) is 10.0. The highest BCUT2D eigenvalue weighted by atomic mass is 79.9. The Morgan fingerprint density at radius 1 is 1.13 bits per heavy atom. The first-order valence-corrected chi connectivity index (χ1v) is 5.92. The van der Waals surface area contributed by atoms with Crippen LogP contribution in [0.25, 0.3) is 0 Å². The number of piperazine rings is 1. The number of nitrogens with zero attached hydrogens (tertiary/aromatic N) is 2. The molecule has 2 nitrogen and oxygen atoms in total. The fraction of sp³-hybridized carbons (Fsp3) is 0.833. The van der Waals surface area contributed by atoms with E-state index in [9.17, 15) is 0 Å². The predicted octanol–water partition coefficient (Wildman–Crippen LogP) is -1.51.